The number of hydrogen-bond donors (Lipinski definition) is 2. The van der Waals surface area contributed by atoms with Gasteiger partial charge in [-0.25, -0.2) is 0 Å². The van der Waals surface area contributed by atoms with E-state index in [-0.39, 0.29) is 17.1 Å². The molecule has 0 heterocycles. The summed E-state index contributed by atoms with van der Waals surface area (Å²) in [6.45, 7) is 6.79. The van der Waals surface area contributed by atoms with Crippen LogP contribution in [0.2, 0.25) is 0 Å². The summed E-state index contributed by atoms with van der Waals surface area (Å²) >= 11 is 8.73. The lowest BCUT2D eigenvalue weighted by atomic mass is 10.2. The van der Waals surface area contributed by atoms with Gasteiger partial charge in [-0.15, -0.1) is 0 Å². The number of hydrogen-bond acceptors (Lipinski definition) is 4. The number of nitrogens with one attached hydrogen (secondary N) is 2. The Morgan fingerprint density at radius 3 is 2.47 bits per heavy atom. The Balaban J connectivity index is 1.86. The van der Waals surface area contributed by atoms with Gasteiger partial charge in [-0.05, 0) is 90.9 Å². The lowest BCUT2D eigenvalue weighted by Crippen LogP contribution is -2.34. The average Bonchev–Trinajstić information content (AvgIpc) is 2.69. The number of amides is 1. The number of rotatable bonds is 10. The minimum Gasteiger partial charge on any atom is -0.492 e. The summed E-state index contributed by atoms with van der Waals surface area (Å²) in [5.41, 5.74) is 1.26. The molecule has 0 unspecified atom stereocenters. The Morgan fingerprint density at radius 2 is 1.83 bits per heavy atom. The van der Waals surface area contributed by atoms with Crippen molar-refractivity contribution in [2.75, 3.05) is 11.9 Å². The quantitative estimate of drug-likeness (QED) is 0.300. The second-order valence-corrected chi connectivity index (χ2v) is 8.42. The Kier molecular flexibility index (Phi) is 10.1. The van der Waals surface area contributed by atoms with E-state index in [2.05, 4.69) is 33.5 Å². The van der Waals surface area contributed by atoms with Gasteiger partial charge in [0.05, 0.1) is 17.2 Å². The number of thiocarbonyl (C=S) groups is 1. The highest BCUT2D eigenvalue weighted by Crippen LogP contribution is 2.26. The fraction of sp³-hybridized carbons (Fsp3) is 0.391. The van der Waals surface area contributed by atoms with E-state index in [0.29, 0.717) is 12.2 Å². The summed E-state index contributed by atoms with van der Waals surface area (Å²) in [6, 6.07) is 12.6. The Morgan fingerprint density at radius 1 is 1.10 bits per heavy atom. The molecule has 162 valence electrons. The van der Waals surface area contributed by atoms with Crippen molar-refractivity contribution in [1.82, 2.24) is 5.32 Å². The molecular weight excluding hydrogens is 464 g/mol. The molecule has 30 heavy (non-hydrogen) atoms. The van der Waals surface area contributed by atoms with E-state index in [1.54, 1.807) is 18.2 Å². The van der Waals surface area contributed by atoms with Crippen molar-refractivity contribution < 1.29 is 14.3 Å². The summed E-state index contributed by atoms with van der Waals surface area (Å²) in [6.07, 6.45) is 4.70. The molecule has 0 saturated carbocycles. The van der Waals surface area contributed by atoms with Gasteiger partial charge in [0.1, 0.15) is 11.5 Å². The molecule has 0 spiro atoms. The van der Waals surface area contributed by atoms with E-state index in [1.165, 1.54) is 12.8 Å². The number of carbonyl (C=O) groups excluding carboxylic acids is 1. The van der Waals surface area contributed by atoms with Crippen LogP contribution < -0.4 is 20.1 Å². The highest BCUT2D eigenvalue weighted by Gasteiger charge is 2.11. The van der Waals surface area contributed by atoms with Gasteiger partial charge >= 0.3 is 0 Å². The van der Waals surface area contributed by atoms with Gasteiger partial charge < -0.3 is 14.8 Å². The highest BCUT2D eigenvalue weighted by atomic mass is 79.9. The average molecular weight is 493 g/mol. The van der Waals surface area contributed by atoms with Gasteiger partial charge in [-0.3, -0.25) is 10.1 Å². The molecule has 0 atom stereocenters. The Bertz CT molecular complexity index is 841. The third-order valence-corrected chi connectivity index (χ3v) is 4.98. The predicted octanol–water partition coefficient (Wildman–Crippen LogP) is 6.32. The van der Waals surface area contributed by atoms with Crippen LogP contribution in [0, 0.1) is 0 Å². The molecule has 0 radical (unpaired) electrons. The van der Waals surface area contributed by atoms with E-state index in [9.17, 15) is 4.79 Å². The molecule has 0 aliphatic rings. The predicted molar refractivity (Wildman–Crippen MR) is 130 cm³/mol. The van der Waals surface area contributed by atoms with Crippen LogP contribution in [0.15, 0.2) is 46.9 Å². The summed E-state index contributed by atoms with van der Waals surface area (Å²) in [4.78, 5) is 12.5. The molecule has 1 amide bonds. The molecule has 2 rings (SSSR count). The molecule has 0 aliphatic heterocycles. The Labute approximate surface area is 192 Å². The van der Waals surface area contributed by atoms with E-state index in [4.69, 9.17) is 21.7 Å². The summed E-state index contributed by atoms with van der Waals surface area (Å²) in [7, 11) is 0. The first-order valence-electron chi connectivity index (χ1n) is 10.2. The topological polar surface area (TPSA) is 59.6 Å². The lowest BCUT2D eigenvalue weighted by molar-refractivity contribution is 0.0977. The van der Waals surface area contributed by atoms with Crippen molar-refractivity contribution in [2.45, 2.75) is 52.6 Å². The number of benzene rings is 2. The molecule has 0 aromatic heterocycles. The highest BCUT2D eigenvalue weighted by molar-refractivity contribution is 9.10. The first-order chi connectivity index (χ1) is 14.4. The molecule has 2 aromatic rings. The second kappa shape index (κ2) is 12.5. The summed E-state index contributed by atoms with van der Waals surface area (Å²) < 4.78 is 12.1. The van der Waals surface area contributed by atoms with E-state index in [0.717, 1.165) is 34.5 Å². The maximum atomic E-state index is 12.5. The third-order valence-electron chi connectivity index (χ3n) is 4.16. The van der Waals surface area contributed by atoms with Crippen LogP contribution in [0.5, 0.6) is 11.5 Å². The molecule has 0 bridgehead atoms. The number of halogens is 1. The number of ether oxygens (including phenoxy) is 2. The van der Waals surface area contributed by atoms with Crippen LogP contribution in [0.4, 0.5) is 5.69 Å². The molecule has 0 fully saturated rings. The maximum Gasteiger partial charge on any atom is 0.257 e. The van der Waals surface area contributed by atoms with Crippen LogP contribution in [-0.2, 0) is 0 Å². The first kappa shape index (κ1) is 24.2. The number of anilines is 1. The fourth-order valence-electron chi connectivity index (χ4n) is 2.70. The second-order valence-electron chi connectivity index (χ2n) is 7.15. The summed E-state index contributed by atoms with van der Waals surface area (Å²) in [5.74, 6) is 1.22. The van der Waals surface area contributed by atoms with E-state index in [1.807, 2.05) is 38.1 Å². The molecule has 7 heteroatoms. The number of carbonyl (C=O) groups is 1. The third kappa shape index (κ3) is 8.32. The van der Waals surface area contributed by atoms with Gasteiger partial charge in [0.25, 0.3) is 5.91 Å². The first-order valence-corrected chi connectivity index (χ1v) is 11.4. The van der Waals surface area contributed by atoms with Crippen molar-refractivity contribution >= 4 is 44.9 Å². The molecule has 0 saturated heterocycles. The zero-order valence-electron chi connectivity index (χ0n) is 17.7. The van der Waals surface area contributed by atoms with Crippen LogP contribution in [0.25, 0.3) is 0 Å². The molecule has 2 N–H and O–H groups in total. The van der Waals surface area contributed by atoms with Gasteiger partial charge in [-0.2, -0.15) is 0 Å². The van der Waals surface area contributed by atoms with Crippen LogP contribution >= 0.6 is 28.1 Å². The monoisotopic (exact) mass is 492 g/mol. The SMILES string of the molecule is CCCCCCOc1ccc(C(=O)NC(=S)Nc2ccc(OC(C)C)cc2)cc1Br. The van der Waals surface area contributed by atoms with Crippen molar-refractivity contribution in [3.8, 4) is 11.5 Å². The zero-order valence-corrected chi connectivity index (χ0v) is 20.1. The fourth-order valence-corrected chi connectivity index (χ4v) is 3.40. The van der Waals surface area contributed by atoms with Crippen molar-refractivity contribution in [3.05, 3.63) is 52.5 Å². The molecule has 5 nitrogen and oxygen atoms in total. The molecule has 0 aliphatic carbocycles. The number of unbranched alkanes of at least 4 members (excludes halogenated alkanes) is 3. The van der Waals surface area contributed by atoms with Crippen LogP contribution in [0.3, 0.4) is 0 Å². The maximum absolute atomic E-state index is 12.5. The summed E-state index contributed by atoms with van der Waals surface area (Å²) in [5, 5.41) is 5.92. The minimum absolute atomic E-state index is 0.112. The lowest BCUT2D eigenvalue weighted by Gasteiger charge is -2.13. The van der Waals surface area contributed by atoms with Gasteiger partial charge in [0.2, 0.25) is 0 Å². The largest absolute Gasteiger partial charge is 0.492 e. The minimum atomic E-state index is -0.289. The van der Waals surface area contributed by atoms with Crippen molar-refractivity contribution in [2.24, 2.45) is 0 Å². The van der Waals surface area contributed by atoms with Crippen LogP contribution in [-0.4, -0.2) is 23.7 Å². The molecular formula is C23H29BrN2O3S. The van der Waals surface area contributed by atoms with E-state index < -0.39 is 0 Å². The Hall–Kier alpha value is -2.12. The van der Waals surface area contributed by atoms with Gasteiger partial charge in [0, 0.05) is 11.3 Å². The molecule has 2 aromatic carbocycles. The van der Waals surface area contributed by atoms with E-state index >= 15 is 0 Å². The van der Waals surface area contributed by atoms with Gasteiger partial charge in [-0.1, -0.05) is 26.2 Å². The smallest absolute Gasteiger partial charge is 0.257 e. The van der Waals surface area contributed by atoms with Crippen molar-refractivity contribution in [1.29, 1.82) is 0 Å². The van der Waals surface area contributed by atoms with Gasteiger partial charge in [0.15, 0.2) is 5.11 Å². The van der Waals surface area contributed by atoms with Crippen LogP contribution in [0.1, 0.15) is 56.8 Å². The van der Waals surface area contributed by atoms with Crippen molar-refractivity contribution in [3.63, 3.8) is 0 Å². The zero-order chi connectivity index (χ0) is 21.9. The standard InChI is InChI=1S/C23H29BrN2O3S/c1-4-5-6-7-14-28-21-13-8-17(15-20(21)24)22(27)26-23(30)25-18-9-11-19(12-10-18)29-16(2)3/h8-13,15-16H,4-7,14H2,1-3H3,(H2,25,26,27,30). The normalized spacial score (nSPS) is 10.6.